The molecule has 1 N–H and O–H groups in total. The summed E-state index contributed by atoms with van der Waals surface area (Å²) in [5, 5.41) is 7.07. The largest absolute Gasteiger partial charge is 0.365 e. The van der Waals surface area contributed by atoms with Crippen LogP contribution in [0.4, 0.5) is 5.69 Å². The first-order valence-electron chi connectivity index (χ1n) is 8.77. The number of hydrogen-bond acceptors (Lipinski definition) is 4. The minimum absolute atomic E-state index is 0.311. The van der Waals surface area contributed by atoms with Crippen LogP contribution in [0.15, 0.2) is 53.5 Å². The molecule has 0 aliphatic heterocycles. The molecular weight excluding hydrogens is 340 g/mol. The van der Waals surface area contributed by atoms with Crippen LogP contribution in [-0.2, 0) is 4.79 Å². The first-order chi connectivity index (χ1) is 12.9. The van der Waals surface area contributed by atoms with E-state index in [2.05, 4.69) is 15.4 Å². The van der Waals surface area contributed by atoms with Gasteiger partial charge in [0.2, 0.25) is 5.91 Å². The van der Waals surface area contributed by atoms with Gasteiger partial charge in [-0.2, -0.15) is 10.1 Å². The zero-order chi connectivity index (χ0) is 19.6. The van der Waals surface area contributed by atoms with E-state index in [1.807, 2.05) is 63.2 Å². The lowest BCUT2D eigenvalue weighted by molar-refractivity contribution is -0.119. The zero-order valence-electron chi connectivity index (χ0n) is 15.9. The predicted molar refractivity (Wildman–Crippen MR) is 106 cm³/mol. The van der Waals surface area contributed by atoms with E-state index in [0.29, 0.717) is 5.69 Å². The van der Waals surface area contributed by atoms with Crippen LogP contribution in [-0.4, -0.2) is 20.7 Å². The van der Waals surface area contributed by atoms with E-state index in [9.17, 15) is 9.59 Å². The molecule has 1 heterocycles. The van der Waals surface area contributed by atoms with E-state index in [0.717, 1.165) is 32.6 Å². The lowest BCUT2D eigenvalue weighted by Crippen LogP contribution is -2.35. The molecule has 138 valence electrons. The van der Waals surface area contributed by atoms with Crippen molar-refractivity contribution in [2.45, 2.75) is 33.7 Å². The second-order valence-corrected chi connectivity index (χ2v) is 6.67. The second-order valence-electron chi connectivity index (χ2n) is 6.67. The standard InChI is InChI=1S/C21H22N4O2/c1-13-10-14(2)19(15(3)11-13)24-20(26)16(4)25-21(27)23-18(12-22-25)17-8-6-5-7-9-17/h5-12,16H,1-4H3,(H,24,26)/t16-/m0/s1. The van der Waals surface area contributed by atoms with Crippen molar-refractivity contribution >= 4 is 11.6 Å². The van der Waals surface area contributed by atoms with Crippen LogP contribution in [0.2, 0.25) is 0 Å². The van der Waals surface area contributed by atoms with Crippen LogP contribution in [0.25, 0.3) is 11.3 Å². The van der Waals surface area contributed by atoms with Gasteiger partial charge in [-0.1, -0.05) is 48.0 Å². The number of benzene rings is 2. The molecule has 1 amide bonds. The van der Waals surface area contributed by atoms with Crippen LogP contribution >= 0.6 is 0 Å². The number of anilines is 1. The van der Waals surface area contributed by atoms with Gasteiger partial charge in [0.15, 0.2) is 0 Å². The highest BCUT2D eigenvalue weighted by atomic mass is 16.2. The Bertz CT molecular complexity index is 1020. The first kappa shape index (κ1) is 18.5. The van der Waals surface area contributed by atoms with Crippen LogP contribution in [0.1, 0.15) is 29.7 Å². The molecule has 0 saturated carbocycles. The summed E-state index contributed by atoms with van der Waals surface area (Å²) in [6, 6.07) is 12.6. The smallest absolute Gasteiger partial charge is 0.324 e. The SMILES string of the molecule is Cc1cc(C)c(NC(=O)[C@H](C)n2ncc(-c3ccccc3)nc2=O)c(C)c1. The van der Waals surface area contributed by atoms with E-state index >= 15 is 0 Å². The fourth-order valence-corrected chi connectivity index (χ4v) is 3.08. The summed E-state index contributed by atoms with van der Waals surface area (Å²) < 4.78 is 1.10. The molecule has 6 heteroatoms. The van der Waals surface area contributed by atoms with E-state index in [4.69, 9.17) is 0 Å². The third-order valence-electron chi connectivity index (χ3n) is 4.46. The van der Waals surface area contributed by atoms with Gasteiger partial charge in [0, 0.05) is 11.3 Å². The van der Waals surface area contributed by atoms with Crippen molar-refractivity contribution in [3.63, 3.8) is 0 Å². The van der Waals surface area contributed by atoms with Gasteiger partial charge in [0.05, 0.1) is 11.9 Å². The summed E-state index contributed by atoms with van der Waals surface area (Å²) in [6.07, 6.45) is 1.50. The summed E-state index contributed by atoms with van der Waals surface area (Å²) in [7, 11) is 0. The number of amides is 1. The van der Waals surface area contributed by atoms with Gasteiger partial charge in [0.25, 0.3) is 0 Å². The minimum Gasteiger partial charge on any atom is -0.324 e. The van der Waals surface area contributed by atoms with Gasteiger partial charge < -0.3 is 5.32 Å². The van der Waals surface area contributed by atoms with Gasteiger partial charge in [-0.15, -0.1) is 0 Å². The van der Waals surface area contributed by atoms with Gasteiger partial charge in [-0.05, 0) is 38.8 Å². The van der Waals surface area contributed by atoms with Gasteiger partial charge in [-0.25, -0.2) is 9.48 Å². The Labute approximate surface area is 157 Å². The third kappa shape index (κ3) is 3.95. The summed E-state index contributed by atoms with van der Waals surface area (Å²) in [5.41, 5.74) is 4.58. The fraction of sp³-hybridized carbons (Fsp3) is 0.238. The lowest BCUT2D eigenvalue weighted by atomic mass is 10.0. The fourth-order valence-electron chi connectivity index (χ4n) is 3.08. The Hall–Kier alpha value is -3.28. The highest BCUT2D eigenvalue weighted by Gasteiger charge is 2.20. The van der Waals surface area contributed by atoms with E-state index in [-0.39, 0.29) is 5.91 Å². The molecular formula is C21H22N4O2. The summed E-state index contributed by atoms with van der Waals surface area (Å²) in [6.45, 7) is 7.53. The first-order valence-corrected chi connectivity index (χ1v) is 8.77. The Morgan fingerprint density at radius 3 is 2.30 bits per heavy atom. The van der Waals surface area contributed by atoms with E-state index < -0.39 is 11.7 Å². The molecule has 0 saturated heterocycles. The highest BCUT2D eigenvalue weighted by Crippen LogP contribution is 2.23. The molecule has 6 nitrogen and oxygen atoms in total. The van der Waals surface area contributed by atoms with Crippen molar-refractivity contribution in [3.05, 3.63) is 75.8 Å². The van der Waals surface area contributed by atoms with Gasteiger partial charge in [-0.3, -0.25) is 4.79 Å². The third-order valence-corrected chi connectivity index (χ3v) is 4.46. The van der Waals surface area contributed by atoms with Crippen molar-refractivity contribution in [3.8, 4) is 11.3 Å². The Morgan fingerprint density at radius 2 is 1.70 bits per heavy atom. The molecule has 0 aliphatic rings. The second kappa shape index (κ2) is 7.53. The number of rotatable bonds is 4. The van der Waals surface area contributed by atoms with Crippen molar-refractivity contribution in [1.29, 1.82) is 0 Å². The van der Waals surface area contributed by atoms with Crippen LogP contribution in [0.3, 0.4) is 0 Å². The maximum atomic E-state index is 12.7. The zero-order valence-corrected chi connectivity index (χ0v) is 15.9. The van der Waals surface area contributed by atoms with Crippen LogP contribution in [0, 0.1) is 20.8 Å². The number of carbonyl (C=O) groups is 1. The van der Waals surface area contributed by atoms with E-state index in [1.165, 1.54) is 6.20 Å². The molecule has 0 unspecified atom stereocenters. The number of aromatic nitrogens is 3. The number of carbonyl (C=O) groups excluding carboxylic acids is 1. The number of nitrogens with one attached hydrogen (secondary N) is 1. The van der Waals surface area contributed by atoms with Crippen molar-refractivity contribution in [2.24, 2.45) is 0 Å². The van der Waals surface area contributed by atoms with Crippen molar-refractivity contribution in [2.75, 3.05) is 5.32 Å². The number of aryl methyl sites for hydroxylation is 3. The molecule has 2 aromatic carbocycles. The van der Waals surface area contributed by atoms with Crippen molar-refractivity contribution < 1.29 is 4.79 Å². The average molecular weight is 362 g/mol. The summed E-state index contributed by atoms with van der Waals surface area (Å²) in [4.78, 5) is 29.1. The molecule has 27 heavy (non-hydrogen) atoms. The molecule has 1 aromatic heterocycles. The normalized spacial score (nSPS) is 11.9. The average Bonchev–Trinajstić information content (AvgIpc) is 2.64. The molecule has 3 rings (SSSR count). The summed E-state index contributed by atoms with van der Waals surface area (Å²) in [5.74, 6) is -0.311. The molecule has 0 spiro atoms. The van der Waals surface area contributed by atoms with Crippen LogP contribution in [0.5, 0.6) is 0 Å². The molecule has 3 aromatic rings. The molecule has 1 atom stereocenters. The maximum absolute atomic E-state index is 12.7. The topological polar surface area (TPSA) is 76.9 Å². The van der Waals surface area contributed by atoms with Crippen molar-refractivity contribution in [1.82, 2.24) is 14.8 Å². The van der Waals surface area contributed by atoms with Crippen LogP contribution < -0.4 is 11.0 Å². The predicted octanol–water partition coefficient (Wildman–Crippen LogP) is 3.43. The Morgan fingerprint density at radius 1 is 1.07 bits per heavy atom. The summed E-state index contributed by atoms with van der Waals surface area (Å²) >= 11 is 0. The Kier molecular flexibility index (Phi) is 5.16. The lowest BCUT2D eigenvalue weighted by Gasteiger charge is -2.17. The monoisotopic (exact) mass is 362 g/mol. The number of hydrogen-bond donors (Lipinski definition) is 1. The molecule has 0 bridgehead atoms. The highest BCUT2D eigenvalue weighted by molar-refractivity contribution is 5.94. The molecule has 0 aliphatic carbocycles. The Balaban J connectivity index is 1.85. The van der Waals surface area contributed by atoms with Gasteiger partial charge in [0.1, 0.15) is 6.04 Å². The number of nitrogens with zero attached hydrogens (tertiary/aromatic N) is 3. The minimum atomic E-state index is -0.782. The van der Waals surface area contributed by atoms with Gasteiger partial charge >= 0.3 is 5.69 Å². The quantitative estimate of drug-likeness (QED) is 0.771. The molecule has 0 radical (unpaired) electrons. The maximum Gasteiger partial charge on any atom is 0.365 e. The molecule has 0 fully saturated rings. The van der Waals surface area contributed by atoms with E-state index in [1.54, 1.807) is 6.92 Å².